The third kappa shape index (κ3) is 2.17. The first-order chi connectivity index (χ1) is 7.18. The maximum atomic E-state index is 11.8. The standard InChI is InChI=1S/C9H13N3O2S/c1-6(10)8-11-7(5-15-8)9(13)12-3-2-4-14-12/h5-6H,2-4,10H2,1H3. The van der Waals surface area contributed by atoms with Gasteiger partial charge in [0.05, 0.1) is 19.2 Å². The van der Waals surface area contributed by atoms with Crippen molar-refractivity contribution in [3.63, 3.8) is 0 Å². The molecule has 0 saturated carbocycles. The topological polar surface area (TPSA) is 68.5 Å². The zero-order chi connectivity index (χ0) is 10.8. The van der Waals surface area contributed by atoms with Crippen LogP contribution < -0.4 is 5.73 Å². The number of hydrogen-bond donors (Lipinski definition) is 1. The molecule has 2 N–H and O–H groups in total. The van der Waals surface area contributed by atoms with Gasteiger partial charge in [-0.15, -0.1) is 11.3 Å². The van der Waals surface area contributed by atoms with Gasteiger partial charge >= 0.3 is 0 Å². The second-order valence-corrected chi connectivity index (χ2v) is 4.34. The van der Waals surface area contributed by atoms with Crippen molar-refractivity contribution in [2.24, 2.45) is 5.73 Å². The lowest BCUT2D eigenvalue weighted by Gasteiger charge is -2.11. The summed E-state index contributed by atoms with van der Waals surface area (Å²) in [6.07, 6.45) is 0.885. The lowest BCUT2D eigenvalue weighted by Crippen LogP contribution is -2.26. The van der Waals surface area contributed by atoms with Crippen molar-refractivity contribution >= 4 is 17.2 Å². The highest BCUT2D eigenvalue weighted by Crippen LogP contribution is 2.18. The van der Waals surface area contributed by atoms with Crippen molar-refractivity contribution in [2.45, 2.75) is 19.4 Å². The highest BCUT2D eigenvalue weighted by atomic mass is 32.1. The first-order valence-corrected chi connectivity index (χ1v) is 5.72. The summed E-state index contributed by atoms with van der Waals surface area (Å²) >= 11 is 1.41. The molecule has 0 radical (unpaired) electrons. The van der Waals surface area contributed by atoms with Crippen LogP contribution in [0.2, 0.25) is 0 Å². The van der Waals surface area contributed by atoms with Gasteiger partial charge in [0.15, 0.2) is 0 Å². The lowest BCUT2D eigenvalue weighted by atomic mass is 10.4. The molecule has 1 aromatic heterocycles. The largest absolute Gasteiger partial charge is 0.322 e. The van der Waals surface area contributed by atoms with Gasteiger partial charge in [0, 0.05) is 5.38 Å². The molecule has 1 unspecified atom stereocenters. The van der Waals surface area contributed by atoms with Crippen molar-refractivity contribution in [1.82, 2.24) is 10.0 Å². The Kier molecular flexibility index (Phi) is 2.99. The number of hydroxylamine groups is 2. The molecular weight excluding hydrogens is 214 g/mol. The molecule has 1 saturated heterocycles. The Hall–Kier alpha value is -0.980. The zero-order valence-electron chi connectivity index (χ0n) is 8.47. The van der Waals surface area contributed by atoms with E-state index in [9.17, 15) is 4.79 Å². The fourth-order valence-corrected chi connectivity index (χ4v) is 2.08. The van der Waals surface area contributed by atoms with Gasteiger partial charge in [-0.1, -0.05) is 0 Å². The highest BCUT2D eigenvalue weighted by Gasteiger charge is 2.23. The van der Waals surface area contributed by atoms with E-state index in [1.165, 1.54) is 16.4 Å². The molecule has 1 atom stereocenters. The normalized spacial score (nSPS) is 18.1. The first-order valence-electron chi connectivity index (χ1n) is 4.84. The van der Waals surface area contributed by atoms with Gasteiger partial charge in [-0.25, -0.2) is 10.0 Å². The fourth-order valence-electron chi connectivity index (χ4n) is 1.33. The third-order valence-electron chi connectivity index (χ3n) is 2.11. The summed E-state index contributed by atoms with van der Waals surface area (Å²) in [5, 5.41) is 3.86. The van der Waals surface area contributed by atoms with E-state index >= 15 is 0 Å². The number of aromatic nitrogens is 1. The molecule has 1 aliphatic heterocycles. The van der Waals surface area contributed by atoms with Crippen LogP contribution in [-0.4, -0.2) is 29.1 Å². The van der Waals surface area contributed by atoms with Gasteiger partial charge in [-0.05, 0) is 13.3 Å². The second-order valence-electron chi connectivity index (χ2n) is 3.45. The summed E-state index contributed by atoms with van der Waals surface area (Å²) < 4.78 is 0. The molecule has 15 heavy (non-hydrogen) atoms. The summed E-state index contributed by atoms with van der Waals surface area (Å²) in [4.78, 5) is 21.1. The maximum absolute atomic E-state index is 11.8. The average Bonchev–Trinajstić information content (AvgIpc) is 2.88. The van der Waals surface area contributed by atoms with Crippen molar-refractivity contribution in [3.8, 4) is 0 Å². The number of thiazole rings is 1. The molecule has 2 heterocycles. The minimum atomic E-state index is -0.171. The number of nitrogens with two attached hydrogens (primary N) is 1. The summed E-state index contributed by atoms with van der Waals surface area (Å²) in [5.41, 5.74) is 6.10. The van der Waals surface area contributed by atoms with E-state index < -0.39 is 0 Å². The van der Waals surface area contributed by atoms with E-state index in [0.29, 0.717) is 18.8 Å². The molecule has 1 aliphatic rings. The minimum Gasteiger partial charge on any atom is -0.322 e. The number of carbonyl (C=O) groups excluding carboxylic acids is 1. The van der Waals surface area contributed by atoms with Crippen LogP contribution in [0.1, 0.15) is 34.9 Å². The summed E-state index contributed by atoms with van der Waals surface area (Å²) in [6.45, 7) is 3.10. The van der Waals surface area contributed by atoms with Gasteiger partial charge in [0.2, 0.25) is 0 Å². The molecule has 0 aromatic carbocycles. The van der Waals surface area contributed by atoms with Gasteiger partial charge in [0.25, 0.3) is 5.91 Å². The Morgan fingerprint density at radius 3 is 3.13 bits per heavy atom. The molecule has 1 aromatic rings. The van der Waals surface area contributed by atoms with E-state index in [4.69, 9.17) is 10.6 Å². The molecule has 2 rings (SSSR count). The van der Waals surface area contributed by atoms with Crippen molar-refractivity contribution in [2.75, 3.05) is 13.2 Å². The van der Waals surface area contributed by atoms with Gasteiger partial charge in [-0.2, -0.15) is 0 Å². The number of carbonyl (C=O) groups is 1. The molecule has 82 valence electrons. The van der Waals surface area contributed by atoms with Crippen molar-refractivity contribution in [3.05, 3.63) is 16.1 Å². The molecule has 0 aliphatic carbocycles. The highest BCUT2D eigenvalue weighted by molar-refractivity contribution is 7.09. The SMILES string of the molecule is CC(N)c1nc(C(=O)N2CCCO2)cs1. The Bertz CT molecular complexity index is 358. The van der Waals surface area contributed by atoms with Crippen LogP contribution in [0.15, 0.2) is 5.38 Å². The predicted molar refractivity (Wildman–Crippen MR) is 56.3 cm³/mol. The third-order valence-corrected chi connectivity index (χ3v) is 3.16. The summed E-state index contributed by atoms with van der Waals surface area (Å²) in [6, 6.07) is -0.129. The Labute approximate surface area is 91.8 Å². The van der Waals surface area contributed by atoms with Gasteiger partial charge in [-0.3, -0.25) is 9.63 Å². The lowest BCUT2D eigenvalue weighted by molar-refractivity contribution is -0.0771. The van der Waals surface area contributed by atoms with Crippen LogP contribution >= 0.6 is 11.3 Å². The van der Waals surface area contributed by atoms with Crippen LogP contribution in [0.25, 0.3) is 0 Å². The maximum Gasteiger partial charge on any atom is 0.296 e. The molecule has 0 bridgehead atoms. The van der Waals surface area contributed by atoms with Crippen molar-refractivity contribution in [1.29, 1.82) is 0 Å². The Balaban J connectivity index is 2.11. The number of amides is 1. The van der Waals surface area contributed by atoms with Crippen LogP contribution in [0, 0.1) is 0 Å². The smallest absolute Gasteiger partial charge is 0.296 e. The second kappa shape index (κ2) is 4.26. The van der Waals surface area contributed by atoms with Crippen LogP contribution in [0.3, 0.4) is 0 Å². The Morgan fingerprint density at radius 1 is 1.80 bits per heavy atom. The molecule has 5 nitrogen and oxygen atoms in total. The van der Waals surface area contributed by atoms with Crippen LogP contribution in [0.4, 0.5) is 0 Å². The van der Waals surface area contributed by atoms with E-state index in [1.807, 2.05) is 6.92 Å². The molecule has 1 amide bonds. The quantitative estimate of drug-likeness (QED) is 0.816. The fraction of sp³-hybridized carbons (Fsp3) is 0.556. The molecular formula is C9H13N3O2S. The summed E-state index contributed by atoms with van der Waals surface area (Å²) in [7, 11) is 0. The van der Waals surface area contributed by atoms with Crippen LogP contribution in [-0.2, 0) is 4.84 Å². The van der Waals surface area contributed by atoms with E-state index in [0.717, 1.165) is 11.4 Å². The van der Waals surface area contributed by atoms with Gasteiger partial charge < -0.3 is 5.73 Å². The number of hydrogen-bond acceptors (Lipinski definition) is 5. The Morgan fingerprint density at radius 2 is 2.60 bits per heavy atom. The van der Waals surface area contributed by atoms with Crippen molar-refractivity contribution < 1.29 is 9.63 Å². The minimum absolute atomic E-state index is 0.129. The first kappa shape index (κ1) is 10.5. The van der Waals surface area contributed by atoms with Crippen LogP contribution in [0.5, 0.6) is 0 Å². The molecule has 1 fully saturated rings. The molecule has 0 spiro atoms. The molecule has 6 heteroatoms. The van der Waals surface area contributed by atoms with Gasteiger partial charge in [0.1, 0.15) is 10.7 Å². The summed E-state index contributed by atoms with van der Waals surface area (Å²) in [5.74, 6) is -0.171. The monoisotopic (exact) mass is 227 g/mol. The van der Waals surface area contributed by atoms with E-state index in [2.05, 4.69) is 4.98 Å². The predicted octanol–water partition coefficient (Wildman–Crippen LogP) is 0.940. The average molecular weight is 227 g/mol. The zero-order valence-corrected chi connectivity index (χ0v) is 9.29. The number of rotatable bonds is 2. The van der Waals surface area contributed by atoms with E-state index in [1.54, 1.807) is 5.38 Å². The number of nitrogens with zero attached hydrogens (tertiary/aromatic N) is 2. The van der Waals surface area contributed by atoms with E-state index in [-0.39, 0.29) is 11.9 Å².